The molecule has 5 rings (SSSR count). The van der Waals surface area contributed by atoms with Gasteiger partial charge in [-0.2, -0.15) is 0 Å². The fourth-order valence-corrected chi connectivity index (χ4v) is 6.96. The summed E-state index contributed by atoms with van der Waals surface area (Å²) in [5.74, 6) is 0.966. The fraction of sp³-hybridized carbons (Fsp3) is 0.692. The lowest BCUT2D eigenvalue weighted by atomic mass is 9.70. The first-order valence-corrected chi connectivity index (χ1v) is 12.7. The largest absolute Gasteiger partial charge is 0.480 e. The molecule has 0 aromatic heterocycles. The first-order valence-electron chi connectivity index (χ1n) is 12.7. The Kier molecular flexibility index (Phi) is 6.40. The summed E-state index contributed by atoms with van der Waals surface area (Å²) in [4.78, 5) is 31.6. The molecule has 6 nitrogen and oxygen atoms in total. The van der Waals surface area contributed by atoms with Crippen LogP contribution in [0.5, 0.6) is 0 Å². The summed E-state index contributed by atoms with van der Waals surface area (Å²) >= 11 is 0. The van der Waals surface area contributed by atoms with E-state index in [4.69, 9.17) is 0 Å². The van der Waals surface area contributed by atoms with Crippen molar-refractivity contribution >= 4 is 17.7 Å². The van der Waals surface area contributed by atoms with Gasteiger partial charge >= 0.3 is 12.0 Å². The van der Waals surface area contributed by atoms with Crippen molar-refractivity contribution in [1.82, 2.24) is 9.80 Å². The number of fused-ring (bicyclic) bond motifs is 2. The van der Waals surface area contributed by atoms with Crippen LogP contribution in [0.25, 0.3) is 0 Å². The van der Waals surface area contributed by atoms with Gasteiger partial charge in [-0.1, -0.05) is 37.5 Å². The summed E-state index contributed by atoms with van der Waals surface area (Å²) in [7, 11) is 0. The summed E-state index contributed by atoms with van der Waals surface area (Å²) in [5.41, 5.74) is 0.888. The Bertz CT molecular complexity index is 796. The van der Waals surface area contributed by atoms with Gasteiger partial charge in [0.05, 0.1) is 0 Å². The number of carboxylic acids is 1. The second kappa shape index (κ2) is 9.42. The summed E-state index contributed by atoms with van der Waals surface area (Å²) < 4.78 is 0. The Hall–Kier alpha value is -2.08. The minimum Gasteiger partial charge on any atom is -0.480 e. The maximum Gasteiger partial charge on any atom is 0.326 e. The number of carbonyl (C=O) groups excluding carboxylic acids is 1. The van der Waals surface area contributed by atoms with Gasteiger partial charge in [-0.3, -0.25) is 4.90 Å². The SMILES string of the molecule is O=C(O)[C@@H]1CCCN1C(=O)N(c1ccccc1)C1CCN(C2C[C@H]3CCC[C@@H](C2)C3)CC1. The number of rotatable bonds is 4. The van der Waals surface area contributed by atoms with E-state index in [1.165, 1.54) is 38.5 Å². The Morgan fingerprint density at radius 3 is 2.19 bits per heavy atom. The number of urea groups is 1. The number of benzene rings is 1. The minimum atomic E-state index is -0.887. The lowest BCUT2D eigenvalue weighted by Crippen LogP contribution is -2.55. The number of nitrogens with zero attached hydrogens (tertiary/aromatic N) is 3. The minimum absolute atomic E-state index is 0.124. The zero-order valence-electron chi connectivity index (χ0n) is 19.1. The van der Waals surface area contributed by atoms with E-state index in [2.05, 4.69) is 4.90 Å². The molecule has 0 radical (unpaired) electrons. The van der Waals surface area contributed by atoms with Gasteiger partial charge in [0.25, 0.3) is 0 Å². The summed E-state index contributed by atoms with van der Waals surface area (Å²) in [5, 5.41) is 9.62. The van der Waals surface area contributed by atoms with Crippen LogP contribution >= 0.6 is 0 Å². The van der Waals surface area contributed by atoms with E-state index >= 15 is 0 Å². The standard InChI is InChI=1S/C26H37N3O3/c30-25(31)24-10-5-13-28(24)26(32)29(21-8-2-1-3-9-21)22-11-14-27(15-12-22)23-17-19-6-4-7-20(16-19)18-23/h1-3,8-9,19-20,22-24H,4-7,10-18H2,(H,30,31)/t19-,20+,23?,24-/m0/s1. The van der Waals surface area contributed by atoms with Crippen molar-refractivity contribution in [3.8, 4) is 0 Å². The number of carbonyl (C=O) groups is 2. The smallest absolute Gasteiger partial charge is 0.326 e. The van der Waals surface area contributed by atoms with E-state index in [0.29, 0.717) is 13.0 Å². The number of piperidine rings is 1. The molecule has 2 heterocycles. The molecule has 2 saturated heterocycles. The van der Waals surface area contributed by atoms with E-state index < -0.39 is 12.0 Å². The quantitative estimate of drug-likeness (QED) is 0.745. The van der Waals surface area contributed by atoms with Gasteiger partial charge in [-0.15, -0.1) is 0 Å². The molecule has 0 spiro atoms. The fourth-order valence-electron chi connectivity index (χ4n) is 6.96. The van der Waals surface area contributed by atoms with E-state index in [1.807, 2.05) is 35.2 Å². The number of hydrogen-bond acceptors (Lipinski definition) is 3. The molecular weight excluding hydrogens is 402 g/mol. The Labute approximate surface area is 191 Å². The van der Waals surface area contributed by atoms with E-state index in [9.17, 15) is 14.7 Å². The third kappa shape index (κ3) is 4.39. The summed E-state index contributed by atoms with van der Waals surface area (Å²) in [6.45, 7) is 2.60. The molecule has 4 fully saturated rings. The highest BCUT2D eigenvalue weighted by Gasteiger charge is 2.41. The summed E-state index contributed by atoms with van der Waals surface area (Å²) in [6, 6.07) is 9.87. The van der Waals surface area contributed by atoms with E-state index in [0.717, 1.165) is 55.9 Å². The van der Waals surface area contributed by atoms with Crippen molar-refractivity contribution in [3.63, 3.8) is 0 Å². The highest BCUT2D eigenvalue weighted by molar-refractivity contribution is 5.95. The number of hydrogen-bond donors (Lipinski definition) is 1. The molecular formula is C26H37N3O3. The van der Waals surface area contributed by atoms with E-state index in [-0.39, 0.29) is 12.1 Å². The predicted molar refractivity (Wildman–Crippen MR) is 125 cm³/mol. The van der Waals surface area contributed by atoms with Crippen molar-refractivity contribution in [3.05, 3.63) is 30.3 Å². The van der Waals surface area contributed by atoms with Crippen molar-refractivity contribution in [2.24, 2.45) is 11.8 Å². The molecule has 4 atom stereocenters. The average molecular weight is 440 g/mol. The molecule has 2 aliphatic heterocycles. The van der Waals surface area contributed by atoms with Crippen molar-refractivity contribution in [2.45, 2.75) is 82.3 Å². The molecule has 2 bridgehead atoms. The molecule has 2 aliphatic carbocycles. The first kappa shape index (κ1) is 21.7. The van der Waals surface area contributed by atoms with Crippen LogP contribution in [0.4, 0.5) is 10.5 Å². The van der Waals surface area contributed by atoms with Crippen molar-refractivity contribution in [2.75, 3.05) is 24.5 Å². The van der Waals surface area contributed by atoms with Crippen LogP contribution < -0.4 is 4.90 Å². The van der Waals surface area contributed by atoms with Crippen molar-refractivity contribution < 1.29 is 14.7 Å². The molecule has 32 heavy (non-hydrogen) atoms. The van der Waals surface area contributed by atoms with Gasteiger partial charge in [0.15, 0.2) is 0 Å². The predicted octanol–water partition coefficient (Wildman–Crippen LogP) is 4.60. The van der Waals surface area contributed by atoms with Gasteiger partial charge in [0.2, 0.25) is 0 Å². The maximum atomic E-state index is 13.7. The van der Waals surface area contributed by atoms with Crippen LogP contribution in [0.3, 0.4) is 0 Å². The topological polar surface area (TPSA) is 64.1 Å². The van der Waals surface area contributed by atoms with Crippen molar-refractivity contribution in [1.29, 1.82) is 0 Å². The molecule has 2 amide bonds. The molecule has 6 heteroatoms. The normalized spacial score (nSPS) is 31.4. The number of likely N-dealkylation sites (tertiary alicyclic amines) is 2. The van der Waals surface area contributed by atoms with Gasteiger partial charge in [-0.25, -0.2) is 9.59 Å². The first-order chi connectivity index (χ1) is 15.6. The second-order valence-electron chi connectivity index (χ2n) is 10.5. The zero-order chi connectivity index (χ0) is 22.1. The zero-order valence-corrected chi connectivity index (χ0v) is 19.1. The van der Waals surface area contributed by atoms with Crippen LogP contribution in [0.2, 0.25) is 0 Å². The Morgan fingerprint density at radius 1 is 0.844 bits per heavy atom. The highest BCUT2D eigenvalue weighted by atomic mass is 16.4. The van der Waals surface area contributed by atoms with Crippen LogP contribution in [0.15, 0.2) is 30.3 Å². The average Bonchev–Trinajstić information content (AvgIpc) is 3.31. The number of aliphatic carboxylic acids is 1. The number of para-hydroxylation sites is 1. The molecule has 174 valence electrons. The van der Waals surface area contributed by atoms with Crippen LogP contribution in [0, 0.1) is 11.8 Å². The molecule has 1 N–H and O–H groups in total. The highest BCUT2D eigenvalue weighted by Crippen LogP contribution is 2.42. The van der Waals surface area contributed by atoms with E-state index in [1.54, 1.807) is 4.90 Å². The second-order valence-corrected chi connectivity index (χ2v) is 10.5. The molecule has 4 aliphatic rings. The van der Waals surface area contributed by atoms with Crippen LogP contribution in [0.1, 0.15) is 64.2 Å². The van der Waals surface area contributed by atoms with Gasteiger partial charge in [0, 0.05) is 37.4 Å². The van der Waals surface area contributed by atoms with Gasteiger partial charge < -0.3 is 14.9 Å². The van der Waals surface area contributed by atoms with Gasteiger partial charge in [0.1, 0.15) is 6.04 Å². The number of anilines is 1. The molecule has 1 aromatic carbocycles. The molecule has 2 saturated carbocycles. The molecule has 1 unspecified atom stereocenters. The summed E-state index contributed by atoms with van der Waals surface area (Å²) in [6.07, 6.45) is 11.6. The number of amides is 2. The number of carboxylic acid groups (broad SMARTS) is 1. The monoisotopic (exact) mass is 439 g/mol. The van der Waals surface area contributed by atoms with Gasteiger partial charge in [-0.05, 0) is 68.9 Å². The maximum absolute atomic E-state index is 13.7. The molecule has 1 aromatic rings. The lowest BCUT2D eigenvalue weighted by molar-refractivity contribution is -0.141. The Balaban J connectivity index is 1.29. The Morgan fingerprint density at radius 2 is 1.53 bits per heavy atom. The van der Waals surface area contributed by atoms with Crippen LogP contribution in [-0.4, -0.2) is 64.7 Å². The third-order valence-corrected chi connectivity index (χ3v) is 8.51. The van der Waals surface area contributed by atoms with Crippen LogP contribution in [-0.2, 0) is 4.79 Å². The third-order valence-electron chi connectivity index (χ3n) is 8.51. The lowest BCUT2D eigenvalue weighted by Gasteiger charge is -2.47.